The van der Waals surface area contributed by atoms with E-state index in [-0.39, 0.29) is 0 Å². The van der Waals surface area contributed by atoms with Crippen LogP contribution >= 0.6 is 0 Å². The van der Waals surface area contributed by atoms with Crippen LogP contribution in [-0.4, -0.2) is 34.6 Å². The Balaban J connectivity index is 2.00. The summed E-state index contributed by atoms with van der Waals surface area (Å²) in [5.41, 5.74) is 3.03. The van der Waals surface area contributed by atoms with Crippen molar-refractivity contribution in [1.82, 2.24) is 20.3 Å². The van der Waals surface area contributed by atoms with Gasteiger partial charge in [-0.2, -0.15) is 0 Å². The number of pyridine rings is 1. The van der Waals surface area contributed by atoms with Gasteiger partial charge in [0.1, 0.15) is 5.82 Å². The highest BCUT2D eigenvalue weighted by molar-refractivity contribution is 5.89. The van der Waals surface area contributed by atoms with Gasteiger partial charge >= 0.3 is 5.97 Å². The molecule has 0 aliphatic carbocycles. The number of esters is 1. The molecule has 0 saturated heterocycles. The van der Waals surface area contributed by atoms with Crippen molar-refractivity contribution in [3.8, 4) is 0 Å². The molecular formula is C15H16N4O2. The molecule has 1 aliphatic heterocycles. The number of rotatable bonds is 3. The Kier molecular flexibility index (Phi) is 3.87. The molecule has 0 unspecified atom stereocenters. The third-order valence-electron chi connectivity index (χ3n) is 3.43. The zero-order chi connectivity index (χ0) is 14.7. The number of ether oxygens (including phenoxy) is 1. The van der Waals surface area contributed by atoms with Crippen molar-refractivity contribution in [1.29, 1.82) is 0 Å². The van der Waals surface area contributed by atoms with Crippen LogP contribution in [0.1, 0.15) is 33.3 Å². The Labute approximate surface area is 122 Å². The van der Waals surface area contributed by atoms with Gasteiger partial charge in [-0.3, -0.25) is 4.98 Å². The number of aromatic nitrogens is 3. The lowest BCUT2D eigenvalue weighted by Gasteiger charge is -2.19. The molecule has 0 radical (unpaired) electrons. The molecule has 1 aliphatic rings. The lowest BCUT2D eigenvalue weighted by molar-refractivity contribution is 0.0591. The molecule has 0 saturated carbocycles. The van der Waals surface area contributed by atoms with Crippen LogP contribution in [0.2, 0.25) is 0 Å². The van der Waals surface area contributed by atoms with Gasteiger partial charge in [-0.05, 0) is 25.1 Å². The molecule has 108 valence electrons. The minimum absolute atomic E-state index is 0.384. The van der Waals surface area contributed by atoms with Gasteiger partial charge in [0.05, 0.1) is 19.2 Å². The maximum Gasteiger partial charge on any atom is 0.357 e. The van der Waals surface area contributed by atoms with E-state index in [1.54, 1.807) is 6.20 Å². The van der Waals surface area contributed by atoms with Gasteiger partial charge in [-0.1, -0.05) is 6.07 Å². The molecule has 21 heavy (non-hydrogen) atoms. The normalized spacial score (nSPS) is 13.6. The number of methoxy groups -OCH3 is 1. The number of carbonyl (C=O) groups is 1. The summed E-state index contributed by atoms with van der Waals surface area (Å²) in [5.74, 6) is 0.189. The molecule has 0 fully saturated rings. The Hall–Kier alpha value is -2.34. The van der Waals surface area contributed by atoms with Gasteiger partial charge < -0.3 is 10.1 Å². The summed E-state index contributed by atoms with van der Waals surface area (Å²) in [5, 5.41) is 3.26. The maximum absolute atomic E-state index is 11.9. The first-order valence-electron chi connectivity index (χ1n) is 6.85. The molecule has 0 spiro atoms. The van der Waals surface area contributed by atoms with E-state index in [4.69, 9.17) is 4.74 Å². The fourth-order valence-corrected chi connectivity index (χ4v) is 2.42. The van der Waals surface area contributed by atoms with Crippen molar-refractivity contribution < 1.29 is 9.53 Å². The Morgan fingerprint density at radius 2 is 2.29 bits per heavy atom. The molecular weight excluding hydrogens is 268 g/mol. The van der Waals surface area contributed by atoms with Gasteiger partial charge in [0.2, 0.25) is 0 Å². The standard InChI is InChI=1S/C15H16N4O2/c1-21-15(20)14-11-5-7-16-9-12(11)18-13(19-14)8-10-4-2-3-6-17-10/h2-4,6,16H,5,7-9H2,1H3. The summed E-state index contributed by atoms with van der Waals surface area (Å²) in [6, 6.07) is 5.70. The first-order valence-corrected chi connectivity index (χ1v) is 6.85. The molecule has 6 nitrogen and oxygen atoms in total. The van der Waals surface area contributed by atoms with Crippen molar-refractivity contribution in [3.05, 3.63) is 52.9 Å². The smallest absolute Gasteiger partial charge is 0.357 e. The van der Waals surface area contributed by atoms with E-state index in [1.807, 2.05) is 18.2 Å². The predicted molar refractivity (Wildman–Crippen MR) is 75.8 cm³/mol. The number of nitrogens with zero attached hydrogens (tertiary/aromatic N) is 3. The highest BCUT2D eigenvalue weighted by atomic mass is 16.5. The zero-order valence-electron chi connectivity index (χ0n) is 11.8. The Morgan fingerprint density at radius 3 is 3.05 bits per heavy atom. The molecule has 6 heteroatoms. The second kappa shape index (κ2) is 5.97. The third-order valence-corrected chi connectivity index (χ3v) is 3.43. The fraction of sp³-hybridized carbons (Fsp3) is 0.333. The lowest BCUT2D eigenvalue weighted by atomic mass is 10.0. The first-order chi connectivity index (χ1) is 10.3. The van der Waals surface area contributed by atoms with Crippen LogP contribution in [0.4, 0.5) is 0 Å². The molecule has 0 aromatic carbocycles. The molecule has 2 aromatic heterocycles. The van der Waals surface area contributed by atoms with Crippen molar-refractivity contribution in [2.75, 3.05) is 13.7 Å². The van der Waals surface area contributed by atoms with Crippen LogP contribution < -0.4 is 5.32 Å². The number of nitrogens with one attached hydrogen (secondary N) is 1. The van der Waals surface area contributed by atoms with Gasteiger partial charge in [-0.25, -0.2) is 14.8 Å². The zero-order valence-corrected chi connectivity index (χ0v) is 11.8. The Bertz CT molecular complexity index is 658. The van der Waals surface area contributed by atoms with Crippen LogP contribution in [0.25, 0.3) is 0 Å². The lowest BCUT2D eigenvalue weighted by Crippen LogP contribution is -2.28. The monoisotopic (exact) mass is 284 g/mol. The minimum atomic E-state index is -0.405. The van der Waals surface area contributed by atoms with Crippen molar-refractivity contribution in [2.24, 2.45) is 0 Å². The minimum Gasteiger partial charge on any atom is -0.464 e. The molecule has 3 heterocycles. The Morgan fingerprint density at radius 1 is 1.38 bits per heavy atom. The number of hydrogen-bond donors (Lipinski definition) is 1. The van der Waals surface area contributed by atoms with E-state index < -0.39 is 5.97 Å². The summed E-state index contributed by atoms with van der Waals surface area (Å²) in [7, 11) is 1.37. The topological polar surface area (TPSA) is 77.0 Å². The molecule has 1 N–H and O–H groups in total. The van der Waals surface area contributed by atoms with Gasteiger partial charge in [-0.15, -0.1) is 0 Å². The van der Waals surface area contributed by atoms with E-state index in [1.165, 1.54) is 7.11 Å². The second-order valence-corrected chi connectivity index (χ2v) is 4.83. The molecule has 0 bridgehead atoms. The van der Waals surface area contributed by atoms with Crippen molar-refractivity contribution >= 4 is 5.97 Å². The number of fused-ring (bicyclic) bond motifs is 1. The highest BCUT2D eigenvalue weighted by Gasteiger charge is 2.22. The highest BCUT2D eigenvalue weighted by Crippen LogP contribution is 2.17. The second-order valence-electron chi connectivity index (χ2n) is 4.83. The fourth-order valence-electron chi connectivity index (χ4n) is 2.42. The van der Waals surface area contributed by atoms with Crippen LogP contribution in [0.15, 0.2) is 24.4 Å². The quantitative estimate of drug-likeness (QED) is 0.844. The number of hydrogen-bond acceptors (Lipinski definition) is 6. The van der Waals surface area contributed by atoms with Crippen LogP contribution in [-0.2, 0) is 24.1 Å². The molecule has 3 rings (SSSR count). The molecule has 0 amide bonds. The van der Waals surface area contributed by atoms with Crippen LogP contribution in [0.3, 0.4) is 0 Å². The van der Waals surface area contributed by atoms with E-state index in [0.29, 0.717) is 24.5 Å². The van der Waals surface area contributed by atoms with E-state index >= 15 is 0 Å². The third kappa shape index (κ3) is 2.90. The van der Waals surface area contributed by atoms with E-state index in [0.717, 1.165) is 29.9 Å². The average molecular weight is 284 g/mol. The van der Waals surface area contributed by atoms with Gasteiger partial charge in [0.25, 0.3) is 0 Å². The van der Waals surface area contributed by atoms with Crippen LogP contribution in [0, 0.1) is 0 Å². The maximum atomic E-state index is 11.9. The summed E-state index contributed by atoms with van der Waals surface area (Å²) in [6.07, 6.45) is 2.97. The SMILES string of the molecule is COC(=O)c1nc(Cc2ccccn2)nc2c1CCNC2. The molecule has 0 atom stereocenters. The average Bonchev–Trinajstić information content (AvgIpc) is 2.54. The molecule has 2 aromatic rings. The van der Waals surface area contributed by atoms with E-state index in [9.17, 15) is 4.79 Å². The van der Waals surface area contributed by atoms with Gasteiger partial charge in [0, 0.05) is 24.0 Å². The van der Waals surface area contributed by atoms with Crippen LogP contribution in [0.5, 0.6) is 0 Å². The summed E-state index contributed by atoms with van der Waals surface area (Å²) >= 11 is 0. The van der Waals surface area contributed by atoms with Crippen molar-refractivity contribution in [2.45, 2.75) is 19.4 Å². The van der Waals surface area contributed by atoms with Crippen molar-refractivity contribution in [3.63, 3.8) is 0 Å². The number of carbonyl (C=O) groups excluding carboxylic acids is 1. The summed E-state index contributed by atoms with van der Waals surface area (Å²) < 4.78 is 4.84. The van der Waals surface area contributed by atoms with E-state index in [2.05, 4.69) is 20.3 Å². The largest absolute Gasteiger partial charge is 0.464 e. The predicted octanol–water partition coefficient (Wildman–Crippen LogP) is 0.895. The first kappa shape index (κ1) is 13.6. The summed E-state index contributed by atoms with van der Waals surface area (Å²) in [4.78, 5) is 25.2. The summed E-state index contributed by atoms with van der Waals surface area (Å²) in [6.45, 7) is 1.47. The van der Waals surface area contributed by atoms with Gasteiger partial charge in [0.15, 0.2) is 5.69 Å².